The SMILES string of the molecule is CCCNCc1ccc(SC2CCCCCC2O)cc1. The minimum Gasteiger partial charge on any atom is -0.392 e. The van der Waals surface area contributed by atoms with Gasteiger partial charge in [-0.2, -0.15) is 0 Å². The number of nitrogens with one attached hydrogen (secondary N) is 1. The normalized spacial score (nSPS) is 23.5. The Morgan fingerprint density at radius 1 is 1.15 bits per heavy atom. The van der Waals surface area contributed by atoms with Crippen molar-refractivity contribution in [3.8, 4) is 0 Å². The van der Waals surface area contributed by atoms with Crippen LogP contribution in [0, 0.1) is 0 Å². The Labute approximate surface area is 127 Å². The molecule has 0 radical (unpaired) electrons. The average molecular weight is 293 g/mol. The molecule has 20 heavy (non-hydrogen) atoms. The van der Waals surface area contributed by atoms with Crippen molar-refractivity contribution in [1.29, 1.82) is 0 Å². The summed E-state index contributed by atoms with van der Waals surface area (Å²) in [4.78, 5) is 1.29. The van der Waals surface area contributed by atoms with Crippen molar-refractivity contribution in [1.82, 2.24) is 5.32 Å². The van der Waals surface area contributed by atoms with Gasteiger partial charge in [-0.25, -0.2) is 0 Å². The van der Waals surface area contributed by atoms with Gasteiger partial charge in [0.15, 0.2) is 0 Å². The van der Waals surface area contributed by atoms with Crippen LogP contribution in [0.4, 0.5) is 0 Å². The van der Waals surface area contributed by atoms with Crippen molar-refractivity contribution < 1.29 is 5.11 Å². The van der Waals surface area contributed by atoms with Crippen LogP contribution in [0.25, 0.3) is 0 Å². The lowest BCUT2D eigenvalue weighted by atomic mass is 10.1. The van der Waals surface area contributed by atoms with E-state index in [0.717, 1.165) is 25.9 Å². The van der Waals surface area contributed by atoms with Gasteiger partial charge in [-0.15, -0.1) is 11.8 Å². The molecule has 2 atom stereocenters. The molecule has 1 aromatic rings. The topological polar surface area (TPSA) is 32.3 Å². The van der Waals surface area contributed by atoms with Crippen LogP contribution in [0.15, 0.2) is 29.2 Å². The zero-order chi connectivity index (χ0) is 14.2. The molecule has 3 heteroatoms. The third-order valence-corrected chi connectivity index (χ3v) is 5.28. The van der Waals surface area contributed by atoms with Crippen LogP contribution in [0.3, 0.4) is 0 Å². The highest BCUT2D eigenvalue weighted by molar-refractivity contribution is 8.00. The van der Waals surface area contributed by atoms with Gasteiger partial charge in [-0.3, -0.25) is 0 Å². The van der Waals surface area contributed by atoms with Gasteiger partial charge in [0.1, 0.15) is 0 Å². The summed E-state index contributed by atoms with van der Waals surface area (Å²) in [5.41, 5.74) is 1.34. The highest BCUT2D eigenvalue weighted by Gasteiger charge is 2.22. The lowest BCUT2D eigenvalue weighted by Crippen LogP contribution is -2.21. The predicted octanol–water partition coefficient (Wildman–Crippen LogP) is 3.97. The number of rotatable bonds is 6. The summed E-state index contributed by atoms with van der Waals surface area (Å²) in [6.07, 6.45) is 6.87. The van der Waals surface area contributed by atoms with Crippen LogP contribution in [-0.2, 0) is 6.54 Å². The molecule has 1 fully saturated rings. The number of hydrogen-bond donors (Lipinski definition) is 2. The largest absolute Gasteiger partial charge is 0.392 e. The summed E-state index contributed by atoms with van der Waals surface area (Å²) in [6.45, 7) is 4.21. The highest BCUT2D eigenvalue weighted by atomic mass is 32.2. The first-order chi connectivity index (χ1) is 9.79. The maximum absolute atomic E-state index is 10.2. The predicted molar refractivity (Wildman–Crippen MR) is 87.2 cm³/mol. The van der Waals surface area contributed by atoms with Crippen LogP contribution in [0.2, 0.25) is 0 Å². The molecule has 2 N–H and O–H groups in total. The third kappa shape index (κ3) is 5.12. The van der Waals surface area contributed by atoms with Crippen molar-refractivity contribution >= 4 is 11.8 Å². The van der Waals surface area contributed by atoms with E-state index in [-0.39, 0.29) is 6.10 Å². The Kier molecular flexibility index (Phi) is 6.91. The van der Waals surface area contributed by atoms with E-state index in [9.17, 15) is 5.11 Å². The molecule has 0 spiro atoms. The van der Waals surface area contributed by atoms with Crippen molar-refractivity contribution in [3.05, 3.63) is 29.8 Å². The number of thioether (sulfide) groups is 1. The molecule has 1 aliphatic rings. The molecule has 0 aliphatic heterocycles. The van der Waals surface area contributed by atoms with E-state index < -0.39 is 0 Å². The van der Waals surface area contributed by atoms with Crippen LogP contribution < -0.4 is 5.32 Å². The van der Waals surface area contributed by atoms with Gasteiger partial charge in [-0.05, 0) is 43.5 Å². The first-order valence-electron chi connectivity index (χ1n) is 7.94. The van der Waals surface area contributed by atoms with Crippen molar-refractivity contribution in [3.63, 3.8) is 0 Å². The van der Waals surface area contributed by atoms with E-state index >= 15 is 0 Å². The Morgan fingerprint density at radius 2 is 1.90 bits per heavy atom. The Morgan fingerprint density at radius 3 is 2.65 bits per heavy atom. The molecular formula is C17H27NOS. The van der Waals surface area contributed by atoms with E-state index in [4.69, 9.17) is 0 Å². The van der Waals surface area contributed by atoms with Gasteiger partial charge in [-0.1, -0.05) is 38.3 Å². The monoisotopic (exact) mass is 293 g/mol. The minimum absolute atomic E-state index is 0.131. The Bertz CT molecular complexity index is 379. The molecule has 2 rings (SSSR count). The summed E-state index contributed by atoms with van der Waals surface area (Å²) in [6, 6.07) is 8.80. The van der Waals surface area contributed by atoms with Crippen molar-refractivity contribution in [2.75, 3.05) is 6.54 Å². The summed E-state index contributed by atoms with van der Waals surface area (Å²) in [5.74, 6) is 0. The molecule has 0 heterocycles. The summed E-state index contributed by atoms with van der Waals surface area (Å²) in [7, 11) is 0. The maximum Gasteiger partial charge on any atom is 0.0662 e. The van der Waals surface area contributed by atoms with Gasteiger partial charge in [0.2, 0.25) is 0 Å². The quantitative estimate of drug-likeness (QED) is 0.615. The summed E-state index contributed by atoms with van der Waals surface area (Å²) >= 11 is 1.85. The third-order valence-electron chi connectivity index (χ3n) is 3.88. The molecule has 0 bridgehead atoms. The van der Waals surface area contributed by atoms with Gasteiger partial charge in [0.25, 0.3) is 0 Å². The molecule has 1 aliphatic carbocycles. The molecule has 0 aromatic heterocycles. The van der Waals surface area contributed by atoms with E-state index in [1.807, 2.05) is 11.8 Å². The number of aliphatic hydroxyl groups excluding tert-OH is 1. The summed E-state index contributed by atoms with van der Waals surface area (Å²) in [5, 5.41) is 14.0. The lowest BCUT2D eigenvalue weighted by molar-refractivity contribution is 0.163. The average Bonchev–Trinajstić information content (AvgIpc) is 2.66. The van der Waals surface area contributed by atoms with Crippen molar-refractivity contribution in [2.24, 2.45) is 0 Å². The van der Waals surface area contributed by atoms with E-state index in [2.05, 4.69) is 36.5 Å². The van der Waals surface area contributed by atoms with E-state index in [0.29, 0.717) is 5.25 Å². The van der Waals surface area contributed by atoms with E-state index in [1.54, 1.807) is 0 Å². The fourth-order valence-corrected chi connectivity index (χ4v) is 3.88. The molecule has 0 saturated heterocycles. The maximum atomic E-state index is 10.2. The molecule has 2 nitrogen and oxygen atoms in total. The molecule has 112 valence electrons. The first kappa shape index (κ1) is 15.9. The number of aliphatic hydroxyl groups is 1. The minimum atomic E-state index is -0.131. The zero-order valence-corrected chi connectivity index (χ0v) is 13.3. The second-order valence-electron chi connectivity index (χ2n) is 5.68. The van der Waals surface area contributed by atoms with Crippen LogP contribution >= 0.6 is 11.8 Å². The summed E-state index contributed by atoms with van der Waals surface area (Å²) < 4.78 is 0. The van der Waals surface area contributed by atoms with Crippen molar-refractivity contribution in [2.45, 2.75) is 68.2 Å². The van der Waals surface area contributed by atoms with Gasteiger partial charge < -0.3 is 10.4 Å². The first-order valence-corrected chi connectivity index (χ1v) is 8.82. The van der Waals surface area contributed by atoms with Gasteiger partial charge in [0, 0.05) is 16.7 Å². The molecule has 0 amide bonds. The van der Waals surface area contributed by atoms with Gasteiger partial charge in [0.05, 0.1) is 6.10 Å². The van der Waals surface area contributed by atoms with Crippen LogP contribution in [0.1, 0.15) is 51.0 Å². The standard InChI is InChI=1S/C17H27NOS/c1-2-12-18-13-14-8-10-15(11-9-14)20-17-7-5-3-4-6-16(17)19/h8-11,16-19H,2-7,12-13H2,1H3. The second kappa shape index (κ2) is 8.71. The van der Waals surface area contributed by atoms with Crippen LogP contribution in [-0.4, -0.2) is 23.0 Å². The van der Waals surface area contributed by atoms with Crippen LogP contribution in [0.5, 0.6) is 0 Å². The highest BCUT2D eigenvalue weighted by Crippen LogP contribution is 2.33. The fraction of sp³-hybridized carbons (Fsp3) is 0.647. The van der Waals surface area contributed by atoms with Gasteiger partial charge >= 0.3 is 0 Å². The number of benzene rings is 1. The lowest BCUT2D eigenvalue weighted by Gasteiger charge is -2.19. The Balaban J connectivity index is 1.86. The second-order valence-corrected chi connectivity index (χ2v) is 6.99. The zero-order valence-electron chi connectivity index (χ0n) is 12.5. The molecular weight excluding hydrogens is 266 g/mol. The smallest absolute Gasteiger partial charge is 0.0662 e. The Hall–Kier alpha value is -0.510. The molecule has 1 aromatic carbocycles. The van der Waals surface area contributed by atoms with E-state index in [1.165, 1.54) is 36.1 Å². The molecule has 1 saturated carbocycles. The fourth-order valence-electron chi connectivity index (χ4n) is 2.66. The number of hydrogen-bond acceptors (Lipinski definition) is 3. The molecule has 2 unspecified atom stereocenters.